The lowest BCUT2D eigenvalue weighted by Crippen LogP contribution is -2.56. The number of thioether (sulfide) groups is 1. The number of ether oxygens (including phenoxy) is 5. The summed E-state index contributed by atoms with van der Waals surface area (Å²) in [5.41, 5.74) is 4.22. The van der Waals surface area contributed by atoms with Gasteiger partial charge in [0.25, 0.3) is 0 Å². The first-order chi connectivity index (χ1) is 17.7. The molecule has 1 aliphatic carbocycles. The molecule has 1 spiro atoms. The average Bonchev–Trinajstić information content (AvgIpc) is 3.15. The number of hydrogen-bond acceptors (Lipinski definition) is 12. The number of carbonyl (C=O) groups is 5. The number of nitrogens with two attached hydrogens (primary N) is 1. The molecule has 5 atom stereocenters. The van der Waals surface area contributed by atoms with E-state index in [2.05, 4.69) is 4.74 Å². The highest BCUT2D eigenvalue weighted by Crippen LogP contribution is 2.61. The van der Waals surface area contributed by atoms with Crippen molar-refractivity contribution in [2.45, 2.75) is 36.9 Å². The van der Waals surface area contributed by atoms with Crippen molar-refractivity contribution in [1.29, 1.82) is 0 Å². The van der Waals surface area contributed by atoms with Crippen molar-refractivity contribution in [3.8, 4) is 0 Å². The Bertz CT molecular complexity index is 1090. The number of nitrogens with zero attached hydrogens (tertiary/aromatic N) is 2. The summed E-state index contributed by atoms with van der Waals surface area (Å²) in [6.45, 7) is 1.63. The Labute approximate surface area is 216 Å². The molecule has 4 heterocycles. The van der Waals surface area contributed by atoms with Crippen LogP contribution in [0.25, 0.3) is 0 Å². The van der Waals surface area contributed by atoms with E-state index in [1.807, 2.05) is 0 Å². The van der Waals surface area contributed by atoms with Crippen LogP contribution in [0.2, 0.25) is 0 Å². The maximum Gasteiger partial charge on any atom is 0.404 e. The van der Waals surface area contributed by atoms with Crippen LogP contribution in [0.5, 0.6) is 0 Å². The number of Topliss-reactive ketones (excluding diaryl/α,β-unsaturated/α-hetero) is 2. The standard InChI is InChI=1S/C23H29N3O10S/c1-11(27)26-14-8-25-17-16(12(9-34-21(24)31)22(25,33-3)19(14)26)20(30)23(35-5-6-36-23)13(18(17)29)10-37-7-4-15(28)32-2/h12-14,19H,4-10H2,1-3H3,(H2,24,31)/t12-,13?,14+,19+,22-,26?/m1/s1. The molecule has 2 amide bonds. The predicted octanol–water partition coefficient (Wildman–Crippen LogP) is -0.969. The number of primary amides is 1. The van der Waals surface area contributed by atoms with E-state index in [0.717, 1.165) is 0 Å². The third kappa shape index (κ3) is 3.60. The summed E-state index contributed by atoms with van der Waals surface area (Å²) in [5, 5.41) is 0. The summed E-state index contributed by atoms with van der Waals surface area (Å²) < 4.78 is 27.6. The molecule has 3 saturated heterocycles. The summed E-state index contributed by atoms with van der Waals surface area (Å²) in [6, 6.07) is -0.662. The van der Waals surface area contributed by atoms with Crippen molar-refractivity contribution in [3.05, 3.63) is 11.3 Å². The van der Waals surface area contributed by atoms with Crippen LogP contribution in [0.4, 0.5) is 4.79 Å². The van der Waals surface area contributed by atoms with E-state index >= 15 is 0 Å². The highest BCUT2D eigenvalue weighted by Gasteiger charge is 2.79. The number of esters is 1. The summed E-state index contributed by atoms with van der Waals surface area (Å²) in [4.78, 5) is 67.0. The zero-order valence-electron chi connectivity index (χ0n) is 20.7. The minimum Gasteiger partial charge on any atom is -0.469 e. The first kappa shape index (κ1) is 25.9. The fourth-order valence-corrected chi connectivity index (χ4v) is 7.48. The van der Waals surface area contributed by atoms with Crippen LogP contribution in [0.3, 0.4) is 0 Å². The monoisotopic (exact) mass is 539 g/mol. The van der Waals surface area contributed by atoms with Gasteiger partial charge in [0.15, 0.2) is 11.5 Å². The number of amides is 2. The number of allylic oxidation sites excluding steroid dienone is 1. The van der Waals surface area contributed by atoms with Gasteiger partial charge in [-0.25, -0.2) is 4.79 Å². The molecule has 1 unspecified atom stereocenters. The second-order valence-corrected chi connectivity index (χ2v) is 10.6. The highest BCUT2D eigenvalue weighted by atomic mass is 32.2. The van der Waals surface area contributed by atoms with Gasteiger partial charge in [0, 0.05) is 37.7 Å². The maximum atomic E-state index is 14.2. The van der Waals surface area contributed by atoms with Gasteiger partial charge < -0.3 is 39.2 Å². The maximum absolute atomic E-state index is 14.2. The molecule has 2 N–H and O–H groups in total. The van der Waals surface area contributed by atoms with Gasteiger partial charge in [0.1, 0.15) is 12.6 Å². The van der Waals surface area contributed by atoms with Crippen LogP contribution < -0.4 is 5.73 Å². The van der Waals surface area contributed by atoms with Crippen molar-refractivity contribution in [2.75, 3.05) is 52.1 Å². The lowest BCUT2D eigenvalue weighted by molar-refractivity contribution is -0.197. The second kappa shape index (κ2) is 9.26. The minimum atomic E-state index is -1.84. The molecule has 0 radical (unpaired) electrons. The Balaban J connectivity index is 1.53. The van der Waals surface area contributed by atoms with Crippen LogP contribution >= 0.6 is 11.8 Å². The van der Waals surface area contributed by atoms with E-state index in [-0.39, 0.29) is 73.5 Å². The molecule has 0 aromatic heterocycles. The van der Waals surface area contributed by atoms with Gasteiger partial charge in [0.05, 0.1) is 50.3 Å². The fourth-order valence-electron chi connectivity index (χ4n) is 6.40. The van der Waals surface area contributed by atoms with E-state index in [1.54, 1.807) is 9.80 Å². The van der Waals surface area contributed by atoms with Crippen LogP contribution in [0, 0.1) is 11.8 Å². The molecule has 202 valence electrons. The molecular formula is C23H29N3O10S. The Kier molecular flexibility index (Phi) is 6.49. The zero-order valence-corrected chi connectivity index (χ0v) is 21.5. The van der Waals surface area contributed by atoms with Crippen molar-refractivity contribution >= 4 is 41.3 Å². The highest BCUT2D eigenvalue weighted by molar-refractivity contribution is 7.99. The summed E-state index contributed by atoms with van der Waals surface area (Å²) in [5.74, 6) is -4.61. The number of fused-ring (bicyclic) bond motifs is 4. The molecule has 4 aliphatic heterocycles. The lowest BCUT2D eigenvalue weighted by Gasteiger charge is -2.41. The zero-order chi connectivity index (χ0) is 26.7. The Morgan fingerprint density at radius 1 is 1.16 bits per heavy atom. The fraction of sp³-hybridized carbons (Fsp3) is 0.696. The molecule has 0 bridgehead atoms. The summed E-state index contributed by atoms with van der Waals surface area (Å²) in [7, 11) is 2.74. The largest absolute Gasteiger partial charge is 0.469 e. The van der Waals surface area contributed by atoms with Gasteiger partial charge in [-0.2, -0.15) is 11.8 Å². The summed E-state index contributed by atoms with van der Waals surface area (Å²) in [6.07, 6.45) is -0.896. The molecule has 13 nitrogen and oxygen atoms in total. The molecule has 3 fully saturated rings. The van der Waals surface area contributed by atoms with Gasteiger partial charge in [-0.3, -0.25) is 19.2 Å². The van der Waals surface area contributed by atoms with Gasteiger partial charge in [-0.05, 0) is 0 Å². The number of hydrogen-bond donors (Lipinski definition) is 1. The molecule has 14 heteroatoms. The van der Waals surface area contributed by atoms with Crippen LogP contribution in [0.1, 0.15) is 13.3 Å². The molecule has 37 heavy (non-hydrogen) atoms. The van der Waals surface area contributed by atoms with Crippen molar-refractivity contribution in [2.24, 2.45) is 17.6 Å². The predicted molar refractivity (Wildman–Crippen MR) is 125 cm³/mol. The number of carbonyl (C=O) groups excluding carboxylic acids is 5. The lowest BCUT2D eigenvalue weighted by atomic mass is 9.76. The van der Waals surface area contributed by atoms with Gasteiger partial charge in [-0.15, -0.1) is 0 Å². The van der Waals surface area contributed by atoms with E-state index in [1.165, 1.54) is 32.9 Å². The van der Waals surface area contributed by atoms with Gasteiger partial charge >= 0.3 is 12.1 Å². The van der Waals surface area contributed by atoms with Crippen LogP contribution in [0.15, 0.2) is 11.3 Å². The van der Waals surface area contributed by atoms with Crippen molar-refractivity contribution in [1.82, 2.24) is 9.80 Å². The van der Waals surface area contributed by atoms with E-state index < -0.39 is 41.3 Å². The molecule has 0 saturated carbocycles. The molecular weight excluding hydrogens is 510 g/mol. The van der Waals surface area contributed by atoms with E-state index in [0.29, 0.717) is 5.75 Å². The van der Waals surface area contributed by atoms with Crippen molar-refractivity contribution < 1.29 is 47.7 Å². The Morgan fingerprint density at radius 3 is 2.46 bits per heavy atom. The molecule has 5 rings (SSSR count). The average molecular weight is 540 g/mol. The molecule has 0 aromatic carbocycles. The Morgan fingerprint density at radius 2 is 1.86 bits per heavy atom. The molecule has 0 aromatic rings. The first-order valence-electron chi connectivity index (χ1n) is 11.9. The third-order valence-electron chi connectivity index (χ3n) is 7.85. The SMILES string of the molecule is COC(=O)CCSCC1C(=O)C2=C(C(=O)C13OCCO3)[C@@H](COC(N)=O)[C@@]1(OC)[C@@H]3[C@H](CN21)N3C(C)=O. The van der Waals surface area contributed by atoms with Gasteiger partial charge in [-0.1, -0.05) is 0 Å². The number of rotatable bonds is 8. The van der Waals surface area contributed by atoms with E-state index in [4.69, 9.17) is 24.7 Å². The number of methoxy groups -OCH3 is 2. The van der Waals surface area contributed by atoms with Gasteiger partial charge in [0.2, 0.25) is 17.5 Å². The van der Waals surface area contributed by atoms with Crippen LogP contribution in [-0.4, -0.2) is 115 Å². The number of piperazine rings is 1. The van der Waals surface area contributed by atoms with Crippen LogP contribution in [-0.2, 0) is 42.9 Å². The smallest absolute Gasteiger partial charge is 0.404 e. The Hall–Kier alpha value is -2.68. The minimum absolute atomic E-state index is 0.0969. The van der Waals surface area contributed by atoms with Crippen molar-refractivity contribution in [3.63, 3.8) is 0 Å². The second-order valence-electron chi connectivity index (χ2n) is 9.46. The normalized spacial score (nSPS) is 32.9. The molecule has 5 aliphatic rings. The summed E-state index contributed by atoms with van der Waals surface area (Å²) >= 11 is 1.32. The quantitative estimate of drug-likeness (QED) is 0.228. The first-order valence-corrected chi connectivity index (χ1v) is 13.1. The number of ketones is 2. The van der Waals surface area contributed by atoms with E-state index in [9.17, 15) is 24.0 Å². The topological polar surface area (TPSA) is 164 Å². The third-order valence-corrected chi connectivity index (χ3v) is 8.91.